The van der Waals surface area contributed by atoms with Gasteiger partial charge in [-0.1, -0.05) is 0 Å². The van der Waals surface area contributed by atoms with Crippen molar-refractivity contribution in [3.63, 3.8) is 0 Å². The van der Waals surface area contributed by atoms with E-state index in [0.717, 1.165) is 5.69 Å². The van der Waals surface area contributed by atoms with Gasteiger partial charge in [-0.2, -0.15) is 0 Å². The van der Waals surface area contributed by atoms with Crippen molar-refractivity contribution in [1.29, 1.82) is 0 Å². The first-order chi connectivity index (χ1) is 6.56. The van der Waals surface area contributed by atoms with Crippen LogP contribution < -0.4 is 16.4 Å². The quantitative estimate of drug-likeness (QED) is 0.447. The number of amides is 1. The molecule has 0 saturated carbocycles. The lowest BCUT2D eigenvalue weighted by atomic mass is 10.1. The Bertz CT molecular complexity index is 354. The van der Waals surface area contributed by atoms with E-state index in [0.29, 0.717) is 17.3 Å². The maximum atomic E-state index is 10.9. The maximum Gasteiger partial charge on any atom is 0.250 e. The number of halogens is 1. The number of rotatable bonds is 3. The smallest absolute Gasteiger partial charge is 0.250 e. The molecule has 76 valence electrons. The molecule has 5 heteroatoms. The molecular formula is C9H12ClN3O. The highest BCUT2D eigenvalue weighted by Gasteiger charge is 2.07. The summed E-state index contributed by atoms with van der Waals surface area (Å²) in [7, 11) is 1.83. The van der Waals surface area contributed by atoms with Crippen LogP contribution in [0.1, 0.15) is 10.4 Å². The number of benzene rings is 1. The van der Waals surface area contributed by atoms with Crippen molar-refractivity contribution in [2.75, 3.05) is 23.7 Å². The van der Waals surface area contributed by atoms with E-state index >= 15 is 0 Å². The van der Waals surface area contributed by atoms with Gasteiger partial charge in [0, 0.05) is 18.4 Å². The number of carbonyl (C=O) groups is 1. The largest absolute Gasteiger partial charge is 0.398 e. The van der Waals surface area contributed by atoms with Gasteiger partial charge in [0.15, 0.2) is 0 Å². The summed E-state index contributed by atoms with van der Waals surface area (Å²) < 4.78 is 0. The van der Waals surface area contributed by atoms with Crippen LogP contribution in [0.3, 0.4) is 0 Å². The van der Waals surface area contributed by atoms with Gasteiger partial charge in [-0.15, -0.1) is 11.6 Å². The molecule has 0 spiro atoms. The molecule has 0 unspecified atom stereocenters. The molecule has 0 aliphatic rings. The molecule has 0 atom stereocenters. The van der Waals surface area contributed by atoms with Gasteiger partial charge in [-0.25, -0.2) is 0 Å². The van der Waals surface area contributed by atoms with Crippen molar-refractivity contribution in [3.8, 4) is 0 Å². The molecule has 4 nitrogen and oxygen atoms in total. The minimum absolute atomic E-state index is 0.330. The first kappa shape index (κ1) is 10.7. The lowest BCUT2D eigenvalue weighted by molar-refractivity contribution is 0.100. The number of carbonyl (C=O) groups excluding carboxylic acids is 1. The second kappa shape index (κ2) is 4.19. The number of anilines is 2. The predicted molar refractivity (Wildman–Crippen MR) is 58.5 cm³/mol. The Kier molecular flexibility index (Phi) is 3.19. The molecule has 4 N–H and O–H groups in total. The van der Waals surface area contributed by atoms with E-state index in [9.17, 15) is 4.79 Å². The first-order valence-corrected chi connectivity index (χ1v) is 4.56. The van der Waals surface area contributed by atoms with Crippen LogP contribution in [-0.4, -0.2) is 19.0 Å². The van der Waals surface area contributed by atoms with Crippen LogP contribution in [0.4, 0.5) is 11.4 Å². The third-order valence-corrected chi connectivity index (χ3v) is 2.28. The van der Waals surface area contributed by atoms with Crippen molar-refractivity contribution < 1.29 is 4.79 Å². The number of primary amides is 1. The highest BCUT2D eigenvalue weighted by atomic mass is 35.5. The minimum Gasteiger partial charge on any atom is -0.398 e. The van der Waals surface area contributed by atoms with Crippen LogP contribution in [0.5, 0.6) is 0 Å². The number of nitrogen functional groups attached to an aromatic ring is 1. The van der Waals surface area contributed by atoms with E-state index in [1.165, 1.54) is 0 Å². The van der Waals surface area contributed by atoms with Crippen molar-refractivity contribution in [1.82, 2.24) is 0 Å². The van der Waals surface area contributed by atoms with E-state index < -0.39 is 5.91 Å². The van der Waals surface area contributed by atoms with E-state index in [1.807, 2.05) is 7.05 Å². The van der Waals surface area contributed by atoms with Crippen LogP contribution in [0.15, 0.2) is 18.2 Å². The summed E-state index contributed by atoms with van der Waals surface area (Å²) in [6.07, 6.45) is 0. The molecule has 1 aromatic carbocycles. The van der Waals surface area contributed by atoms with E-state index in [1.54, 1.807) is 23.1 Å². The number of hydrogen-bond donors (Lipinski definition) is 2. The standard InChI is InChI=1S/C9H12ClN3O/c1-13(5-10)6-2-3-7(9(12)14)8(11)4-6/h2-4H,5,11H2,1H3,(H2,12,14). The molecule has 0 bridgehead atoms. The zero-order valence-corrected chi connectivity index (χ0v) is 8.58. The second-order valence-corrected chi connectivity index (χ2v) is 3.19. The number of nitrogens with two attached hydrogens (primary N) is 2. The first-order valence-electron chi connectivity index (χ1n) is 4.02. The Morgan fingerprint density at radius 1 is 1.57 bits per heavy atom. The number of alkyl halides is 1. The van der Waals surface area contributed by atoms with Gasteiger partial charge in [0.25, 0.3) is 5.91 Å². The molecule has 0 fully saturated rings. The Morgan fingerprint density at radius 3 is 2.64 bits per heavy atom. The Hall–Kier alpha value is -1.42. The Labute approximate surface area is 87.4 Å². The zero-order chi connectivity index (χ0) is 10.7. The van der Waals surface area contributed by atoms with Crippen LogP contribution in [-0.2, 0) is 0 Å². The van der Waals surface area contributed by atoms with Gasteiger partial charge in [0.1, 0.15) is 0 Å². The van der Waals surface area contributed by atoms with Crippen LogP contribution >= 0.6 is 11.6 Å². The SMILES string of the molecule is CN(CCl)c1ccc(C(N)=O)c(N)c1. The van der Waals surface area contributed by atoms with Crippen molar-refractivity contribution in [3.05, 3.63) is 23.8 Å². The fourth-order valence-electron chi connectivity index (χ4n) is 1.08. The topological polar surface area (TPSA) is 72.3 Å². The summed E-state index contributed by atoms with van der Waals surface area (Å²) in [5, 5.41) is 0. The van der Waals surface area contributed by atoms with Gasteiger partial charge < -0.3 is 16.4 Å². The average Bonchev–Trinajstić information content (AvgIpc) is 2.15. The van der Waals surface area contributed by atoms with Gasteiger partial charge in [0.05, 0.1) is 11.6 Å². The lowest BCUT2D eigenvalue weighted by Crippen LogP contribution is -2.17. The fourth-order valence-corrected chi connectivity index (χ4v) is 1.22. The molecule has 1 aromatic rings. The molecule has 1 amide bonds. The molecule has 0 aliphatic carbocycles. The highest BCUT2D eigenvalue weighted by molar-refractivity contribution is 6.19. The molecule has 1 rings (SSSR count). The van der Waals surface area contributed by atoms with Crippen LogP contribution in [0.25, 0.3) is 0 Å². The number of hydrogen-bond acceptors (Lipinski definition) is 3. The fraction of sp³-hybridized carbons (Fsp3) is 0.222. The summed E-state index contributed by atoms with van der Waals surface area (Å²) in [5.41, 5.74) is 12.3. The summed E-state index contributed by atoms with van der Waals surface area (Å²) in [4.78, 5) is 12.7. The van der Waals surface area contributed by atoms with Crippen LogP contribution in [0, 0.1) is 0 Å². The molecule has 14 heavy (non-hydrogen) atoms. The maximum absolute atomic E-state index is 10.9. The van der Waals surface area contributed by atoms with Crippen molar-refractivity contribution >= 4 is 28.9 Å². The normalized spacial score (nSPS) is 9.86. The third kappa shape index (κ3) is 2.09. The molecule has 0 aliphatic heterocycles. The molecule has 0 aromatic heterocycles. The molecule has 0 saturated heterocycles. The summed E-state index contributed by atoms with van der Waals surface area (Å²) >= 11 is 5.63. The summed E-state index contributed by atoms with van der Waals surface area (Å²) in [6.45, 7) is 0. The Morgan fingerprint density at radius 2 is 2.21 bits per heavy atom. The van der Waals surface area contributed by atoms with Gasteiger partial charge in [-0.05, 0) is 18.2 Å². The average molecular weight is 214 g/mol. The Balaban J connectivity index is 3.06. The van der Waals surface area contributed by atoms with Gasteiger partial charge in [0.2, 0.25) is 0 Å². The minimum atomic E-state index is -0.525. The number of nitrogens with zero attached hydrogens (tertiary/aromatic N) is 1. The van der Waals surface area contributed by atoms with Gasteiger partial charge >= 0.3 is 0 Å². The monoisotopic (exact) mass is 213 g/mol. The van der Waals surface area contributed by atoms with Gasteiger partial charge in [-0.3, -0.25) is 4.79 Å². The molecular weight excluding hydrogens is 202 g/mol. The zero-order valence-electron chi connectivity index (χ0n) is 7.83. The van der Waals surface area contributed by atoms with Crippen molar-refractivity contribution in [2.24, 2.45) is 5.73 Å². The summed E-state index contributed by atoms with van der Waals surface area (Å²) in [5.74, 6) is -0.525. The third-order valence-electron chi connectivity index (χ3n) is 1.92. The van der Waals surface area contributed by atoms with E-state index in [4.69, 9.17) is 23.1 Å². The summed E-state index contributed by atoms with van der Waals surface area (Å²) in [6, 6.07) is 5.37. The lowest BCUT2D eigenvalue weighted by Gasteiger charge is -2.16. The molecule has 0 heterocycles. The second-order valence-electron chi connectivity index (χ2n) is 2.95. The highest BCUT2D eigenvalue weighted by Crippen LogP contribution is 2.20. The van der Waals surface area contributed by atoms with E-state index in [-0.39, 0.29) is 0 Å². The van der Waals surface area contributed by atoms with E-state index in [2.05, 4.69) is 0 Å². The molecule has 0 radical (unpaired) electrons. The predicted octanol–water partition coefficient (Wildman–Crippen LogP) is 1.00. The van der Waals surface area contributed by atoms with Crippen LogP contribution in [0.2, 0.25) is 0 Å². The van der Waals surface area contributed by atoms with Crippen molar-refractivity contribution in [2.45, 2.75) is 0 Å².